The topological polar surface area (TPSA) is 102 Å². The molecule has 0 aromatic heterocycles. The standard InChI is InChI=1S/C17H13Br2NO6/c1-25-17(24)10-4-2-3-5-13(10)20-14(21)8-26-15-11(18)6-9(16(22)23)7-12(15)19/h2-7H,8H2,1H3,(H,20,21)(H,22,23). The van der Waals surface area contributed by atoms with E-state index in [0.29, 0.717) is 14.6 Å². The number of aromatic carboxylic acids is 1. The van der Waals surface area contributed by atoms with E-state index in [4.69, 9.17) is 9.84 Å². The first-order valence-electron chi connectivity index (χ1n) is 7.15. The molecular weight excluding hydrogens is 474 g/mol. The zero-order valence-electron chi connectivity index (χ0n) is 13.4. The number of hydrogen-bond acceptors (Lipinski definition) is 5. The Balaban J connectivity index is 2.09. The summed E-state index contributed by atoms with van der Waals surface area (Å²) in [5, 5.41) is 11.6. The van der Waals surface area contributed by atoms with Crippen molar-refractivity contribution in [2.24, 2.45) is 0 Å². The van der Waals surface area contributed by atoms with Crippen molar-refractivity contribution >= 4 is 55.4 Å². The van der Waals surface area contributed by atoms with Crippen LogP contribution in [-0.2, 0) is 9.53 Å². The summed E-state index contributed by atoms with van der Waals surface area (Å²) in [7, 11) is 1.25. The van der Waals surface area contributed by atoms with Crippen molar-refractivity contribution in [3.05, 3.63) is 56.5 Å². The predicted molar refractivity (Wildman–Crippen MR) is 101 cm³/mol. The Kier molecular flexibility index (Phi) is 6.76. The van der Waals surface area contributed by atoms with Gasteiger partial charge in [0, 0.05) is 0 Å². The van der Waals surface area contributed by atoms with Gasteiger partial charge >= 0.3 is 11.9 Å². The fourth-order valence-electron chi connectivity index (χ4n) is 2.03. The molecular formula is C17H13Br2NO6. The molecule has 26 heavy (non-hydrogen) atoms. The summed E-state index contributed by atoms with van der Waals surface area (Å²) < 4.78 is 10.9. The van der Waals surface area contributed by atoms with E-state index < -0.39 is 17.8 Å². The Labute approximate surface area is 165 Å². The Hall–Kier alpha value is -2.39. The third-order valence-electron chi connectivity index (χ3n) is 3.20. The number of nitrogens with one attached hydrogen (secondary N) is 1. The minimum Gasteiger partial charge on any atom is -0.481 e. The number of rotatable bonds is 6. The molecule has 0 unspecified atom stereocenters. The average Bonchev–Trinajstić information content (AvgIpc) is 2.60. The van der Waals surface area contributed by atoms with Crippen LogP contribution in [0.15, 0.2) is 45.3 Å². The number of methoxy groups -OCH3 is 1. The van der Waals surface area contributed by atoms with Gasteiger partial charge in [0.25, 0.3) is 5.91 Å². The number of carbonyl (C=O) groups is 3. The minimum atomic E-state index is -1.09. The van der Waals surface area contributed by atoms with Crippen LogP contribution in [0.25, 0.3) is 0 Å². The van der Waals surface area contributed by atoms with Crippen molar-refractivity contribution in [3.8, 4) is 5.75 Å². The van der Waals surface area contributed by atoms with Gasteiger partial charge in [0.1, 0.15) is 5.75 Å². The molecule has 0 spiro atoms. The maximum atomic E-state index is 12.1. The first-order chi connectivity index (χ1) is 12.3. The number of esters is 1. The van der Waals surface area contributed by atoms with Crippen molar-refractivity contribution in [3.63, 3.8) is 0 Å². The molecule has 2 aromatic carbocycles. The molecule has 0 radical (unpaired) electrons. The van der Waals surface area contributed by atoms with Gasteiger partial charge in [-0.25, -0.2) is 9.59 Å². The molecule has 0 aliphatic carbocycles. The highest BCUT2D eigenvalue weighted by molar-refractivity contribution is 9.11. The van der Waals surface area contributed by atoms with Crippen LogP contribution < -0.4 is 10.1 Å². The van der Waals surface area contributed by atoms with Crippen LogP contribution in [0.1, 0.15) is 20.7 Å². The van der Waals surface area contributed by atoms with Crippen LogP contribution in [0.3, 0.4) is 0 Å². The number of carboxylic acid groups (broad SMARTS) is 1. The number of benzene rings is 2. The van der Waals surface area contributed by atoms with Gasteiger partial charge in [-0.3, -0.25) is 4.79 Å². The Morgan fingerprint density at radius 2 is 1.73 bits per heavy atom. The van der Waals surface area contributed by atoms with Gasteiger partial charge in [0.2, 0.25) is 0 Å². The fraction of sp³-hybridized carbons (Fsp3) is 0.118. The maximum Gasteiger partial charge on any atom is 0.339 e. The van der Waals surface area contributed by atoms with Gasteiger partial charge in [-0.1, -0.05) is 12.1 Å². The molecule has 0 atom stereocenters. The number of hydrogen-bond donors (Lipinski definition) is 2. The van der Waals surface area contributed by atoms with E-state index in [1.807, 2.05) is 0 Å². The molecule has 136 valence electrons. The Morgan fingerprint density at radius 1 is 1.12 bits per heavy atom. The molecule has 0 saturated heterocycles. The van der Waals surface area contributed by atoms with Crippen molar-refractivity contribution < 1.29 is 29.0 Å². The minimum absolute atomic E-state index is 0.0626. The number of carbonyl (C=O) groups excluding carboxylic acids is 2. The van der Waals surface area contributed by atoms with E-state index in [0.717, 1.165) is 0 Å². The third kappa shape index (κ3) is 4.83. The zero-order valence-corrected chi connectivity index (χ0v) is 16.6. The van der Waals surface area contributed by atoms with Crippen molar-refractivity contribution in [1.82, 2.24) is 0 Å². The lowest BCUT2D eigenvalue weighted by atomic mass is 10.2. The molecule has 0 saturated carbocycles. The van der Waals surface area contributed by atoms with Gasteiger partial charge in [-0.05, 0) is 56.1 Å². The van der Waals surface area contributed by atoms with E-state index in [2.05, 4.69) is 41.9 Å². The predicted octanol–water partition coefficient (Wildman–Crippen LogP) is 3.71. The number of amides is 1. The first-order valence-corrected chi connectivity index (χ1v) is 8.74. The third-order valence-corrected chi connectivity index (χ3v) is 4.38. The monoisotopic (exact) mass is 485 g/mol. The number of para-hydroxylation sites is 1. The summed E-state index contributed by atoms with van der Waals surface area (Å²) in [4.78, 5) is 34.9. The lowest BCUT2D eigenvalue weighted by molar-refractivity contribution is -0.118. The smallest absolute Gasteiger partial charge is 0.339 e. The number of ether oxygens (including phenoxy) is 2. The highest BCUT2D eigenvalue weighted by atomic mass is 79.9. The summed E-state index contributed by atoms with van der Waals surface area (Å²) in [5.74, 6) is -1.87. The highest BCUT2D eigenvalue weighted by Gasteiger charge is 2.16. The molecule has 0 aliphatic heterocycles. The van der Waals surface area contributed by atoms with Crippen LogP contribution >= 0.6 is 31.9 Å². The number of anilines is 1. The largest absolute Gasteiger partial charge is 0.481 e. The van der Waals surface area contributed by atoms with Gasteiger partial charge in [-0.2, -0.15) is 0 Å². The lowest BCUT2D eigenvalue weighted by Gasteiger charge is -2.12. The molecule has 0 heterocycles. The molecule has 0 bridgehead atoms. The van der Waals surface area contributed by atoms with Crippen LogP contribution in [0, 0.1) is 0 Å². The SMILES string of the molecule is COC(=O)c1ccccc1NC(=O)COc1c(Br)cc(C(=O)O)cc1Br. The molecule has 7 nitrogen and oxygen atoms in total. The van der Waals surface area contributed by atoms with Crippen LogP contribution in [0.5, 0.6) is 5.75 Å². The first kappa shape index (κ1) is 19.9. The van der Waals surface area contributed by atoms with E-state index in [1.54, 1.807) is 18.2 Å². The van der Waals surface area contributed by atoms with Crippen LogP contribution in [0.4, 0.5) is 5.69 Å². The number of carboxylic acids is 1. The molecule has 0 aliphatic rings. The molecule has 9 heteroatoms. The lowest BCUT2D eigenvalue weighted by Crippen LogP contribution is -2.22. The summed E-state index contributed by atoms with van der Waals surface area (Å²) in [6.07, 6.45) is 0. The zero-order chi connectivity index (χ0) is 19.3. The van der Waals surface area contributed by atoms with Crippen molar-refractivity contribution in [2.75, 3.05) is 19.0 Å². The summed E-state index contributed by atoms with van der Waals surface area (Å²) in [6, 6.07) is 9.15. The molecule has 2 aromatic rings. The van der Waals surface area contributed by atoms with Gasteiger partial charge in [-0.15, -0.1) is 0 Å². The normalized spacial score (nSPS) is 10.1. The second-order valence-corrected chi connectivity index (χ2v) is 6.66. The summed E-state index contributed by atoms with van der Waals surface area (Å²) in [6.45, 7) is -0.348. The van der Waals surface area contributed by atoms with Crippen LogP contribution in [-0.4, -0.2) is 36.7 Å². The van der Waals surface area contributed by atoms with Gasteiger partial charge in [0.05, 0.1) is 32.9 Å². The van der Waals surface area contributed by atoms with E-state index in [-0.39, 0.29) is 23.5 Å². The Bertz CT molecular complexity index is 845. The second-order valence-electron chi connectivity index (χ2n) is 4.95. The number of halogens is 2. The molecule has 1 amide bonds. The molecule has 0 fully saturated rings. The van der Waals surface area contributed by atoms with Crippen molar-refractivity contribution in [2.45, 2.75) is 0 Å². The summed E-state index contributed by atoms with van der Waals surface area (Å²) in [5.41, 5.74) is 0.580. The second kappa shape index (κ2) is 8.81. The fourth-order valence-corrected chi connectivity index (χ4v) is 3.44. The molecule has 2 N–H and O–H groups in total. The Morgan fingerprint density at radius 3 is 2.31 bits per heavy atom. The van der Waals surface area contributed by atoms with Gasteiger partial charge < -0.3 is 19.9 Å². The van der Waals surface area contributed by atoms with Crippen LogP contribution in [0.2, 0.25) is 0 Å². The highest BCUT2D eigenvalue weighted by Crippen LogP contribution is 2.34. The van der Waals surface area contributed by atoms with E-state index in [1.165, 1.54) is 25.3 Å². The maximum absolute atomic E-state index is 12.1. The van der Waals surface area contributed by atoms with Crippen molar-refractivity contribution in [1.29, 1.82) is 0 Å². The van der Waals surface area contributed by atoms with Gasteiger partial charge in [0.15, 0.2) is 6.61 Å². The summed E-state index contributed by atoms with van der Waals surface area (Å²) >= 11 is 6.42. The van der Waals surface area contributed by atoms with E-state index >= 15 is 0 Å². The molecule has 2 rings (SSSR count). The van der Waals surface area contributed by atoms with E-state index in [9.17, 15) is 14.4 Å². The quantitative estimate of drug-likeness (QED) is 0.603. The average molecular weight is 487 g/mol.